The molecule has 0 unspecified atom stereocenters. The summed E-state index contributed by atoms with van der Waals surface area (Å²) in [6.07, 6.45) is 0. The molecule has 1 aromatic carbocycles. The van der Waals surface area contributed by atoms with Crippen LogP contribution in [0.15, 0.2) is 28.5 Å². The van der Waals surface area contributed by atoms with Crippen molar-refractivity contribution >= 4 is 38.2 Å². The number of nitrogens with zero attached hydrogens (tertiary/aromatic N) is 2. The van der Waals surface area contributed by atoms with E-state index in [2.05, 4.69) is 15.0 Å². The van der Waals surface area contributed by atoms with E-state index in [4.69, 9.17) is 4.74 Å². The summed E-state index contributed by atoms with van der Waals surface area (Å²) in [5.74, 6) is 0.0238. The van der Waals surface area contributed by atoms with Gasteiger partial charge in [-0.25, -0.2) is 17.9 Å². The number of nitrogens with one attached hydrogen (secondary N) is 2. The Hall–Kier alpha value is -2.37. The number of aromatic nitrogens is 1. The molecule has 0 saturated carbocycles. The van der Waals surface area contributed by atoms with Crippen LogP contribution in [0.1, 0.15) is 6.92 Å². The summed E-state index contributed by atoms with van der Waals surface area (Å²) in [7, 11) is -1.22. The number of carbonyl (C=O) groups excluding carboxylic acids is 1. The summed E-state index contributed by atoms with van der Waals surface area (Å²) in [6.45, 7) is 2.41. The Balaban J connectivity index is 2.13. The maximum absolute atomic E-state index is 12.3. The molecule has 0 aliphatic carbocycles. The number of amides is 2. The first-order valence-corrected chi connectivity index (χ1v) is 9.49. The fraction of sp³-hybridized carbons (Fsp3) is 0.286. The van der Waals surface area contributed by atoms with Crippen molar-refractivity contribution in [3.63, 3.8) is 0 Å². The number of hydrogen-bond donors (Lipinski definition) is 3. The number of anilines is 2. The fourth-order valence-electron chi connectivity index (χ4n) is 1.79. The molecule has 9 nitrogen and oxygen atoms in total. The molecule has 0 bridgehead atoms. The summed E-state index contributed by atoms with van der Waals surface area (Å²) in [6, 6.07) is 6.24. The standard InChI is InChI=1S/C14H18N4O5S2/c1-4-23-10-7-5-9(6-8-10)16-13(20)18(3)14-17-11(19)12(24-14)25(21,22)15-2/h5-8,15,19H,4H2,1-3H3,(H,16,20). The van der Waals surface area contributed by atoms with Crippen molar-refractivity contribution in [3.8, 4) is 11.6 Å². The predicted molar refractivity (Wildman–Crippen MR) is 95.1 cm³/mol. The third-order valence-electron chi connectivity index (χ3n) is 3.09. The van der Waals surface area contributed by atoms with Crippen molar-refractivity contribution in [1.82, 2.24) is 9.71 Å². The Morgan fingerprint density at radius 2 is 2.00 bits per heavy atom. The minimum Gasteiger partial charge on any atom is -0.494 e. The van der Waals surface area contributed by atoms with Crippen molar-refractivity contribution < 1.29 is 23.1 Å². The molecule has 0 fully saturated rings. The number of urea groups is 1. The first kappa shape index (κ1) is 19.0. The minimum absolute atomic E-state index is 0.0368. The second kappa shape index (κ2) is 7.68. The van der Waals surface area contributed by atoms with Gasteiger partial charge in [-0.2, -0.15) is 4.98 Å². The Labute approximate surface area is 149 Å². The van der Waals surface area contributed by atoms with Crippen molar-refractivity contribution in [1.29, 1.82) is 0 Å². The molecule has 3 N–H and O–H groups in total. The zero-order valence-electron chi connectivity index (χ0n) is 13.8. The highest BCUT2D eigenvalue weighted by molar-refractivity contribution is 7.91. The SMILES string of the molecule is CCOc1ccc(NC(=O)N(C)c2nc(O)c(S(=O)(=O)NC)s2)cc1. The predicted octanol–water partition coefficient (Wildman–Crippen LogP) is 1.82. The van der Waals surface area contributed by atoms with Crippen LogP contribution in [0.3, 0.4) is 0 Å². The van der Waals surface area contributed by atoms with Crippen LogP contribution in [0.25, 0.3) is 0 Å². The largest absolute Gasteiger partial charge is 0.494 e. The number of benzene rings is 1. The van der Waals surface area contributed by atoms with Gasteiger partial charge in [0.2, 0.25) is 5.88 Å². The Morgan fingerprint density at radius 3 is 2.56 bits per heavy atom. The Kier molecular flexibility index (Phi) is 5.82. The molecular weight excluding hydrogens is 368 g/mol. The van der Waals surface area contributed by atoms with E-state index >= 15 is 0 Å². The van der Waals surface area contributed by atoms with Crippen LogP contribution in [0.5, 0.6) is 11.6 Å². The van der Waals surface area contributed by atoms with Crippen LogP contribution in [0.4, 0.5) is 15.6 Å². The first-order chi connectivity index (χ1) is 11.8. The number of hydrogen-bond acceptors (Lipinski definition) is 7. The molecule has 25 heavy (non-hydrogen) atoms. The second-order valence-electron chi connectivity index (χ2n) is 4.76. The van der Waals surface area contributed by atoms with E-state index in [1.807, 2.05) is 6.92 Å². The number of carbonyl (C=O) groups is 1. The van der Waals surface area contributed by atoms with E-state index in [1.165, 1.54) is 14.1 Å². The van der Waals surface area contributed by atoms with Crippen molar-refractivity contribution in [2.24, 2.45) is 0 Å². The van der Waals surface area contributed by atoms with Crippen molar-refractivity contribution in [2.45, 2.75) is 11.1 Å². The zero-order valence-corrected chi connectivity index (χ0v) is 15.4. The quantitative estimate of drug-likeness (QED) is 0.696. The van der Waals surface area contributed by atoms with Crippen LogP contribution in [0, 0.1) is 0 Å². The van der Waals surface area contributed by atoms with E-state index in [0.717, 1.165) is 4.90 Å². The summed E-state index contributed by atoms with van der Waals surface area (Å²) in [4.78, 5) is 17.1. The number of ether oxygens (including phenoxy) is 1. The Bertz CT molecular complexity index is 849. The van der Waals surface area contributed by atoms with Gasteiger partial charge in [0, 0.05) is 12.7 Å². The van der Waals surface area contributed by atoms with Gasteiger partial charge < -0.3 is 15.2 Å². The lowest BCUT2D eigenvalue weighted by Crippen LogP contribution is -2.31. The van der Waals surface area contributed by atoms with Gasteiger partial charge in [0.1, 0.15) is 5.75 Å². The molecule has 2 aromatic rings. The van der Waals surface area contributed by atoms with Crippen molar-refractivity contribution in [3.05, 3.63) is 24.3 Å². The number of rotatable bonds is 6. The normalized spacial score (nSPS) is 11.2. The third kappa shape index (κ3) is 4.38. The lowest BCUT2D eigenvalue weighted by Gasteiger charge is -2.15. The number of sulfonamides is 1. The van der Waals surface area contributed by atoms with Gasteiger partial charge in [-0.15, -0.1) is 0 Å². The van der Waals surface area contributed by atoms with E-state index in [-0.39, 0.29) is 9.34 Å². The summed E-state index contributed by atoms with van der Waals surface area (Å²) in [5.41, 5.74) is 0.532. The number of thiazole rings is 1. The van der Waals surface area contributed by atoms with Gasteiger partial charge in [0.15, 0.2) is 9.34 Å². The molecule has 2 amide bonds. The minimum atomic E-state index is -3.85. The van der Waals surface area contributed by atoms with Crippen LogP contribution >= 0.6 is 11.3 Å². The van der Waals surface area contributed by atoms with Gasteiger partial charge in [0.25, 0.3) is 10.0 Å². The molecule has 0 atom stereocenters. The Morgan fingerprint density at radius 1 is 1.36 bits per heavy atom. The molecule has 1 heterocycles. The molecular formula is C14H18N4O5S2. The molecule has 0 spiro atoms. The van der Waals surface area contributed by atoms with Gasteiger partial charge in [-0.3, -0.25) is 4.90 Å². The molecule has 136 valence electrons. The van der Waals surface area contributed by atoms with Crippen molar-refractivity contribution in [2.75, 3.05) is 30.9 Å². The van der Waals surface area contributed by atoms with Crippen LogP contribution in [-0.4, -0.2) is 45.2 Å². The lowest BCUT2D eigenvalue weighted by atomic mass is 10.3. The van der Waals surface area contributed by atoms with E-state index in [0.29, 0.717) is 29.4 Å². The highest BCUT2D eigenvalue weighted by Gasteiger charge is 2.25. The van der Waals surface area contributed by atoms with Crippen LogP contribution in [-0.2, 0) is 10.0 Å². The molecule has 11 heteroatoms. The third-order valence-corrected chi connectivity index (χ3v) is 6.12. The molecule has 2 rings (SSSR count). The van der Waals surface area contributed by atoms with E-state index in [9.17, 15) is 18.3 Å². The maximum atomic E-state index is 12.3. The van der Waals surface area contributed by atoms with Gasteiger partial charge >= 0.3 is 6.03 Å². The zero-order chi connectivity index (χ0) is 18.6. The molecule has 0 aliphatic rings. The molecule has 1 aromatic heterocycles. The van der Waals surface area contributed by atoms with Gasteiger partial charge in [-0.1, -0.05) is 11.3 Å². The van der Waals surface area contributed by atoms with E-state index < -0.39 is 21.9 Å². The smallest absolute Gasteiger partial charge is 0.327 e. The summed E-state index contributed by atoms with van der Waals surface area (Å²) in [5, 5.41) is 12.4. The van der Waals surface area contributed by atoms with Crippen LogP contribution < -0.4 is 19.7 Å². The highest BCUT2D eigenvalue weighted by atomic mass is 32.2. The molecule has 0 saturated heterocycles. The number of aromatic hydroxyl groups is 1. The fourth-order valence-corrected chi connectivity index (χ4v) is 3.83. The van der Waals surface area contributed by atoms with Gasteiger partial charge in [0.05, 0.1) is 6.61 Å². The monoisotopic (exact) mass is 386 g/mol. The van der Waals surface area contributed by atoms with Crippen LogP contribution in [0.2, 0.25) is 0 Å². The molecule has 0 radical (unpaired) electrons. The second-order valence-corrected chi connectivity index (χ2v) is 7.82. The average Bonchev–Trinajstić information content (AvgIpc) is 2.98. The first-order valence-electron chi connectivity index (χ1n) is 7.19. The highest BCUT2D eigenvalue weighted by Crippen LogP contribution is 2.33. The van der Waals surface area contributed by atoms with Gasteiger partial charge in [-0.05, 0) is 38.2 Å². The lowest BCUT2D eigenvalue weighted by molar-refractivity contribution is 0.258. The van der Waals surface area contributed by atoms with E-state index in [1.54, 1.807) is 24.3 Å². The molecule has 0 aliphatic heterocycles. The summed E-state index contributed by atoms with van der Waals surface area (Å²) >= 11 is 0.681. The summed E-state index contributed by atoms with van der Waals surface area (Å²) < 4.78 is 30.6. The average molecular weight is 386 g/mol. The topological polar surface area (TPSA) is 121 Å². The maximum Gasteiger partial charge on any atom is 0.327 e.